The molecule has 368 valence electrons. The normalized spacial score (nSPS) is 15.3. The van der Waals surface area contributed by atoms with Gasteiger partial charge in [0.05, 0.1) is 39.5 Å². The van der Waals surface area contributed by atoms with Crippen molar-refractivity contribution in [3.8, 4) is 5.75 Å². The summed E-state index contributed by atoms with van der Waals surface area (Å²) in [6, 6.07) is 5.43. The zero-order valence-electron chi connectivity index (χ0n) is 40.4. The Morgan fingerprint density at radius 3 is 2.08 bits per heavy atom. The highest BCUT2D eigenvalue weighted by Gasteiger charge is 2.41. The second-order valence-electron chi connectivity index (χ2n) is 16.7. The Hall–Kier alpha value is -3.48. The van der Waals surface area contributed by atoms with Crippen LogP contribution in [0, 0.1) is 5.41 Å². The van der Waals surface area contributed by atoms with Gasteiger partial charge in [-0.15, -0.1) is 11.6 Å². The van der Waals surface area contributed by atoms with Crippen LogP contribution in [0.4, 0.5) is 10.5 Å². The lowest BCUT2D eigenvalue weighted by atomic mass is 9.80. The van der Waals surface area contributed by atoms with E-state index in [1.54, 1.807) is 11.0 Å². The molecule has 0 unspecified atom stereocenters. The SMILES string of the molecule is CCN(CC)c1ccc2c(c1)O/C(=C\C=C1\C(=O)N(CCCCCC(=O)NCCOCCOCCCCCCCl)C(=O)N(CCCSOO[O-])C1=O)C=C2C(C)(C)C.CC[NH+](CC)CC. The third-order valence-electron chi connectivity index (χ3n) is 11.1. The summed E-state index contributed by atoms with van der Waals surface area (Å²) in [5.74, 6) is 0.539. The van der Waals surface area contributed by atoms with E-state index in [0.717, 1.165) is 77.4 Å². The van der Waals surface area contributed by atoms with Gasteiger partial charge in [-0.2, -0.15) is 4.33 Å². The maximum absolute atomic E-state index is 13.8. The molecule has 3 rings (SSSR count). The van der Waals surface area contributed by atoms with Crippen molar-refractivity contribution in [1.29, 1.82) is 0 Å². The van der Waals surface area contributed by atoms with Crippen LogP contribution in [-0.2, 0) is 33.2 Å². The Labute approximate surface area is 398 Å². The summed E-state index contributed by atoms with van der Waals surface area (Å²) in [5, 5.41) is 16.4. The summed E-state index contributed by atoms with van der Waals surface area (Å²) in [7, 11) is 0. The number of halogens is 1. The predicted molar refractivity (Wildman–Crippen MR) is 257 cm³/mol. The molecule has 2 aliphatic heterocycles. The van der Waals surface area contributed by atoms with Crippen molar-refractivity contribution >= 4 is 58.7 Å². The number of hydrogen-bond donors (Lipinski definition) is 2. The fraction of sp³-hybridized carbons (Fsp3) is 0.667. The van der Waals surface area contributed by atoms with Gasteiger partial charge >= 0.3 is 6.03 Å². The van der Waals surface area contributed by atoms with Crippen molar-refractivity contribution in [2.75, 3.05) is 95.3 Å². The second kappa shape index (κ2) is 33.1. The maximum atomic E-state index is 13.8. The predicted octanol–water partition coefficient (Wildman–Crippen LogP) is 6.66. The molecule has 2 N–H and O–H groups in total. The molecule has 0 radical (unpaired) electrons. The van der Waals surface area contributed by atoms with Gasteiger partial charge in [0.25, 0.3) is 11.8 Å². The molecule has 0 saturated carbocycles. The Morgan fingerprint density at radius 1 is 0.846 bits per heavy atom. The molecule has 1 fully saturated rings. The highest BCUT2D eigenvalue weighted by molar-refractivity contribution is 7.94. The lowest BCUT2D eigenvalue weighted by molar-refractivity contribution is -0.894. The fourth-order valence-corrected chi connectivity index (χ4v) is 7.77. The van der Waals surface area contributed by atoms with E-state index in [4.69, 9.17) is 25.8 Å². The van der Waals surface area contributed by atoms with Gasteiger partial charge in [0.15, 0.2) is 0 Å². The van der Waals surface area contributed by atoms with Crippen LogP contribution >= 0.6 is 23.6 Å². The number of nitrogens with one attached hydrogen (secondary N) is 2. The summed E-state index contributed by atoms with van der Waals surface area (Å²) in [5.41, 5.74) is 2.60. The molecule has 0 atom stereocenters. The maximum Gasteiger partial charge on any atom is 0.333 e. The number of carbonyl (C=O) groups is 4. The van der Waals surface area contributed by atoms with E-state index in [1.165, 1.54) is 25.7 Å². The number of anilines is 1. The summed E-state index contributed by atoms with van der Waals surface area (Å²) in [6.45, 7) is 25.2. The average molecular weight is 953 g/mol. The third-order valence-corrected chi connectivity index (χ3v) is 12.0. The molecule has 17 heteroatoms. The lowest BCUT2D eigenvalue weighted by Crippen LogP contribution is -3.11. The number of benzene rings is 1. The summed E-state index contributed by atoms with van der Waals surface area (Å²) < 4.78 is 21.7. The van der Waals surface area contributed by atoms with Crippen molar-refractivity contribution in [2.24, 2.45) is 5.41 Å². The number of imide groups is 2. The number of quaternary nitrogens is 1. The molecule has 0 bridgehead atoms. The number of ether oxygens (including phenoxy) is 3. The highest BCUT2D eigenvalue weighted by atomic mass is 35.5. The van der Waals surface area contributed by atoms with Crippen LogP contribution in [0.5, 0.6) is 5.75 Å². The average Bonchev–Trinajstić information content (AvgIpc) is 3.29. The number of barbiturate groups is 1. The number of carbonyl (C=O) groups excluding carboxylic acids is 4. The van der Waals surface area contributed by atoms with Gasteiger partial charge in [-0.05, 0) is 108 Å². The molecule has 0 aromatic heterocycles. The van der Waals surface area contributed by atoms with Gasteiger partial charge in [-0.1, -0.05) is 40.0 Å². The van der Waals surface area contributed by atoms with E-state index in [-0.39, 0.29) is 48.6 Å². The lowest BCUT2D eigenvalue weighted by Gasteiger charge is -2.34. The summed E-state index contributed by atoms with van der Waals surface area (Å²) in [4.78, 5) is 59.4. The number of allylic oxidation sites excluding steroid dienone is 4. The van der Waals surface area contributed by atoms with Crippen molar-refractivity contribution < 1.29 is 52.9 Å². The second-order valence-corrected chi connectivity index (χ2v) is 17.9. The zero-order valence-corrected chi connectivity index (χ0v) is 42.0. The monoisotopic (exact) mass is 952 g/mol. The largest absolute Gasteiger partial charge is 0.691 e. The van der Waals surface area contributed by atoms with Gasteiger partial charge in [0.1, 0.15) is 17.1 Å². The van der Waals surface area contributed by atoms with Gasteiger partial charge in [0.2, 0.25) is 5.91 Å². The van der Waals surface area contributed by atoms with E-state index in [0.29, 0.717) is 69.6 Å². The van der Waals surface area contributed by atoms with E-state index >= 15 is 0 Å². The summed E-state index contributed by atoms with van der Waals surface area (Å²) >= 11 is 6.43. The first-order valence-electron chi connectivity index (χ1n) is 23.6. The third kappa shape index (κ3) is 20.9. The van der Waals surface area contributed by atoms with Crippen molar-refractivity contribution in [1.82, 2.24) is 15.1 Å². The van der Waals surface area contributed by atoms with Crippen LogP contribution in [0.2, 0.25) is 0 Å². The molecule has 65 heavy (non-hydrogen) atoms. The molecule has 1 aromatic rings. The molecule has 0 aliphatic carbocycles. The molecule has 0 spiro atoms. The van der Waals surface area contributed by atoms with Crippen LogP contribution in [0.3, 0.4) is 0 Å². The van der Waals surface area contributed by atoms with E-state index in [2.05, 4.69) is 87.1 Å². The van der Waals surface area contributed by atoms with Crippen LogP contribution in [0.15, 0.2) is 47.8 Å². The zero-order chi connectivity index (χ0) is 48.0. The van der Waals surface area contributed by atoms with Crippen LogP contribution < -0.4 is 25.1 Å². The molecular formula is C48H78ClN5O10S. The molecule has 5 amide bonds. The number of urea groups is 1. The van der Waals surface area contributed by atoms with Gasteiger partial charge in [-0.3, -0.25) is 29.2 Å². The quantitative estimate of drug-likeness (QED) is 0.0155. The van der Waals surface area contributed by atoms with Crippen LogP contribution in [0.25, 0.3) is 5.57 Å². The number of rotatable bonds is 31. The molecule has 15 nitrogen and oxygen atoms in total. The Balaban J connectivity index is 0.00000191. The van der Waals surface area contributed by atoms with Gasteiger partial charge in [0, 0.05) is 86.7 Å². The molecule has 2 heterocycles. The number of nitrogens with zero attached hydrogens (tertiary/aromatic N) is 3. The summed E-state index contributed by atoms with van der Waals surface area (Å²) in [6.07, 6.45) is 11.3. The first kappa shape index (κ1) is 57.6. The van der Waals surface area contributed by atoms with Crippen molar-refractivity contribution in [2.45, 2.75) is 113 Å². The van der Waals surface area contributed by atoms with E-state index < -0.39 is 17.8 Å². The number of alkyl halides is 1. The van der Waals surface area contributed by atoms with Crippen molar-refractivity contribution in [3.63, 3.8) is 0 Å². The van der Waals surface area contributed by atoms with Crippen molar-refractivity contribution in [3.05, 3.63) is 53.3 Å². The number of amides is 5. The van der Waals surface area contributed by atoms with E-state index in [1.807, 2.05) is 12.1 Å². The number of unbranched alkanes of at least 4 members (excludes halogenated alkanes) is 5. The highest BCUT2D eigenvalue weighted by Crippen LogP contribution is 2.44. The Kier molecular flexibility index (Phi) is 29.3. The number of fused-ring (bicyclic) bond motifs is 1. The number of hydrogen-bond acceptors (Lipinski definition) is 12. The Morgan fingerprint density at radius 2 is 1.48 bits per heavy atom. The van der Waals surface area contributed by atoms with Crippen LogP contribution in [0.1, 0.15) is 119 Å². The first-order chi connectivity index (χ1) is 31.3. The molecule has 2 aliphatic rings. The minimum atomic E-state index is -0.726. The minimum absolute atomic E-state index is 0.0109. The molecule has 1 aromatic carbocycles. The van der Waals surface area contributed by atoms with Gasteiger partial charge < -0.3 is 34.6 Å². The first-order valence-corrected chi connectivity index (χ1v) is 25.0. The molecule has 1 saturated heterocycles. The topological polar surface area (TPSA) is 164 Å². The van der Waals surface area contributed by atoms with Gasteiger partial charge in [-0.25, -0.2) is 4.79 Å². The minimum Gasteiger partial charge on any atom is -0.691 e. The fourth-order valence-electron chi connectivity index (χ4n) is 7.23. The molecular weight excluding hydrogens is 874 g/mol. The van der Waals surface area contributed by atoms with Crippen LogP contribution in [-0.4, -0.2) is 124 Å². The standard InChI is InChI=1S/C42H63ClN4O10S.C6H15N/c1-6-45(7-2)32-17-19-34-36(42(3,4)5)31-33(55-37(34)30-32)18-20-35-39(49)46(41(51)47(40(35)50)24-15-29-58-57-56-52)23-13-10-11-16-38(48)44-22-26-54-28-27-53-25-14-9-8-12-21-43;1-4-7(5-2)6-3/h17-20,30-31,52H,6-16,21-29H2,1-5H3,(H,44,48);4-6H2,1-3H3/b33-18-,35-20-;. The van der Waals surface area contributed by atoms with E-state index in [9.17, 15) is 24.4 Å². The Bertz CT molecular complexity index is 1670. The smallest absolute Gasteiger partial charge is 0.333 e.